The van der Waals surface area contributed by atoms with Crippen molar-refractivity contribution in [1.29, 1.82) is 0 Å². The number of carbonyl (C=O) groups is 1. The first-order chi connectivity index (χ1) is 11.0. The summed E-state index contributed by atoms with van der Waals surface area (Å²) in [5, 5.41) is 6.91. The molecule has 1 aromatic heterocycles. The van der Waals surface area contributed by atoms with Crippen LogP contribution in [0.5, 0.6) is 0 Å². The lowest BCUT2D eigenvalue weighted by Crippen LogP contribution is -2.37. The molecule has 3 rings (SSSR count). The maximum Gasteiger partial charge on any atom is 0.273 e. The predicted octanol–water partition coefficient (Wildman–Crippen LogP) is 0.578. The third-order valence-electron chi connectivity index (χ3n) is 4.70. The van der Waals surface area contributed by atoms with Gasteiger partial charge in [0.05, 0.1) is 19.8 Å². The topological polar surface area (TPSA) is 70.8 Å². The number of amides is 1. The van der Waals surface area contributed by atoms with E-state index in [2.05, 4.69) is 34.2 Å². The molecule has 0 saturated carbocycles. The lowest BCUT2D eigenvalue weighted by atomic mass is 9.90. The first-order valence-electron chi connectivity index (χ1n) is 8.27. The highest BCUT2D eigenvalue weighted by Crippen LogP contribution is 2.27. The van der Waals surface area contributed by atoms with E-state index >= 15 is 0 Å². The minimum Gasteiger partial charge on any atom is -0.379 e. The monoisotopic (exact) mass is 322 g/mol. The lowest BCUT2D eigenvalue weighted by Gasteiger charge is -2.25. The van der Waals surface area contributed by atoms with Crippen molar-refractivity contribution in [3.63, 3.8) is 0 Å². The number of aromatic nitrogens is 1. The van der Waals surface area contributed by atoms with Crippen LogP contribution >= 0.6 is 0 Å². The highest BCUT2D eigenvalue weighted by molar-refractivity contribution is 5.92. The fourth-order valence-electron chi connectivity index (χ4n) is 3.27. The Morgan fingerprint density at radius 1 is 1.39 bits per heavy atom. The summed E-state index contributed by atoms with van der Waals surface area (Å²) in [5.74, 6) is 0.571. The number of nitrogens with zero attached hydrogens (tertiary/aromatic N) is 3. The van der Waals surface area contributed by atoms with E-state index in [1.165, 1.54) is 0 Å². The Morgan fingerprint density at radius 3 is 2.87 bits per heavy atom. The summed E-state index contributed by atoms with van der Waals surface area (Å²) in [7, 11) is 2.11. The number of hydrogen-bond acceptors (Lipinski definition) is 6. The van der Waals surface area contributed by atoms with Gasteiger partial charge >= 0.3 is 0 Å². The van der Waals surface area contributed by atoms with Crippen molar-refractivity contribution in [2.24, 2.45) is 5.41 Å². The highest BCUT2D eigenvalue weighted by Gasteiger charge is 2.32. The van der Waals surface area contributed by atoms with Crippen LogP contribution in [0.1, 0.15) is 29.6 Å². The molecule has 2 saturated heterocycles. The molecule has 2 aliphatic heterocycles. The Hall–Kier alpha value is -1.44. The van der Waals surface area contributed by atoms with Crippen molar-refractivity contribution in [2.45, 2.75) is 19.9 Å². The van der Waals surface area contributed by atoms with Gasteiger partial charge in [-0.15, -0.1) is 0 Å². The van der Waals surface area contributed by atoms with Gasteiger partial charge in [-0.25, -0.2) is 0 Å². The van der Waals surface area contributed by atoms with Crippen LogP contribution < -0.4 is 5.32 Å². The van der Waals surface area contributed by atoms with Crippen molar-refractivity contribution in [3.8, 4) is 0 Å². The number of nitrogens with one attached hydrogen (secondary N) is 1. The first kappa shape index (κ1) is 16.4. The van der Waals surface area contributed by atoms with Gasteiger partial charge in [-0.2, -0.15) is 0 Å². The molecule has 1 atom stereocenters. The standard InChI is InChI=1S/C16H26N4O3/c1-16(3-4-19(2)12-16)11-17-15(21)14-9-13(23-18-14)10-20-5-7-22-8-6-20/h9H,3-8,10-12H2,1-2H3,(H,17,21)/t16-/m1/s1. The number of likely N-dealkylation sites (tertiary alicyclic amines) is 1. The van der Waals surface area contributed by atoms with E-state index in [4.69, 9.17) is 9.26 Å². The summed E-state index contributed by atoms with van der Waals surface area (Å²) in [6.07, 6.45) is 1.10. The Morgan fingerprint density at radius 2 is 2.17 bits per heavy atom. The van der Waals surface area contributed by atoms with Crippen molar-refractivity contribution >= 4 is 5.91 Å². The molecule has 0 spiro atoms. The molecule has 7 nitrogen and oxygen atoms in total. The molecule has 0 bridgehead atoms. The number of rotatable bonds is 5. The molecule has 2 fully saturated rings. The average Bonchev–Trinajstić information content (AvgIpc) is 3.13. The van der Waals surface area contributed by atoms with Crippen LogP contribution in [0.4, 0.5) is 0 Å². The van der Waals surface area contributed by atoms with E-state index in [1.54, 1.807) is 6.07 Å². The zero-order valence-electron chi connectivity index (χ0n) is 14.0. The molecule has 0 aromatic carbocycles. The first-order valence-corrected chi connectivity index (χ1v) is 8.27. The van der Waals surface area contributed by atoms with Gasteiger partial charge in [-0.05, 0) is 25.4 Å². The van der Waals surface area contributed by atoms with Crippen molar-refractivity contribution in [3.05, 3.63) is 17.5 Å². The fourth-order valence-corrected chi connectivity index (χ4v) is 3.27. The molecule has 0 aliphatic carbocycles. The number of morpholine rings is 1. The van der Waals surface area contributed by atoms with Crippen LogP contribution in [-0.4, -0.2) is 73.8 Å². The minimum atomic E-state index is -0.155. The summed E-state index contributed by atoms with van der Waals surface area (Å²) in [6, 6.07) is 1.74. The van der Waals surface area contributed by atoms with E-state index in [-0.39, 0.29) is 11.3 Å². The van der Waals surface area contributed by atoms with Crippen LogP contribution in [0, 0.1) is 5.41 Å². The molecule has 128 valence electrons. The zero-order chi connectivity index (χ0) is 16.3. The van der Waals surface area contributed by atoms with Gasteiger partial charge in [-0.3, -0.25) is 9.69 Å². The maximum absolute atomic E-state index is 12.2. The highest BCUT2D eigenvalue weighted by atomic mass is 16.5. The van der Waals surface area contributed by atoms with Crippen molar-refractivity contribution < 1.29 is 14.1 Å². The molecule has 1 N–H and O–H groups in total. The quantitative estimate of drug-likeness (QED) is 0.855. The Labute approximate surface area is 136 Å². The maximum atomic E-state index is 12.2. The third kappa shape index (κ3) is 4.31. The average molecular weight is 322 g/mol. The van der Waals surface area contributed by atoms with E-state index in [0.717, 1.165) is 51.6 Å². The van der Waals surface area contributed by atoms with Gasteiger partial charge in [0, 0.05) is 32.2 Å². The van der Waals surface area contributed by atoms with Gasteiger partial charge in [0.1, 0.15) is 0 Å². The summed E-state index contributed by atoms with van der Waals surface area (Å²) in [6.45, 7) is 8.90. The van der Waals surface area contributed by atoms with Gasteiger partial charge in [0.2, 0.25) is 0 Å². The minimum absolute atomic E-state index is 0.144. The largest absolute Gasteiger partial charge is 0.379 e. The summed E-state index contributed by atoms with van der Waals surface area (Å²) < 4.78 is 10.6. The van der Waals surface area contributed by atoms with Gasteiger partial charge in [-0.1, -0.05) is 12.1 Å². The Kier molecular flexibility index (Phi) is 4.99. The summed E-state index contributed by atoms with van der Waals surface area (Å²) in [4.78, 5) is 16.8. The normalized spacial score (nSPS) is 26.5. The van der Waals surface area contributed by atoms with E-state index in [9.17, 15) is 4.79 Å². The number of hydrogen-bond donors (Lipinski definition) is 1. The molecule has 1 aromatic rings. The van der Waals surface area contributed by atoms with E-state index in [1.807, 2.05) is 0 Å². The van der Waals surface area contributed by atoms with Gasteiger partial charge in [0.25, 0.3) is 5.91 Å². The smallest absolute Gasteiger partial charge is 0.273 e. The second-order valence-corrected chi connectivity index (χ2v) is 7.05. The molecular weight excluding hydrogens is 296 g/mol. The van der Waals surface area contributed by atoms with Crippen LogP contribution in [-0.2, 0) is 11.3 Å². The third-order valence-corrected chi connectivity index (χ3v) is 4.70. The second-order valence-electron chi connectivity index (χ2n) is 7.05. The molecule has 7 heteroatoms. The summed E-state index contributed by atoms with van der Waals surface area (Å²) in [5.41, 5.74) is 0.508. The van der Waals surface area contributed by atoms with Gasteiger partial charge < -0.3 is 19.5 Å². The van der Waals surface area contributed by atoms with Crippen LogP contribution in [0.2, 0.25) is 0 Å². The molecule has 0 unspecified atom stereocenters. The predicted molar refractivity (Wildman–Crippen MR) is 85.2 cm³/mol. The zero-order valence-corrected chi connectivity index (χ0v) is 14.0. The van der Waals surface area contributed by atoms with Crippen LogP contribution in [0.3, 0.4) is 0 Å². The van der Waals surface area contributed by atoms with Crippen LogP contribution in [0.15, 0.2) is 10.6 Å². The molecular formula is C16H26N4O3. The van der Waals surface area contributed by atoms with E-state index in [0.29, 0.717) is 18.8 Å². The van der Waals surface area contributed by atoms with Crippen molar-refractivity contribution in [1.82, 2.24) is 20.3 Å². The SMILES string of the molecule is CN1CC[C@](C)(CNC(=O)c2cc(CN3CCOCC3)on2)C1. The van der Waals surface area contributed by atoms with E-state index < -0.39 is 0 Å². The Balaban J connectivity index is 1.50. The van der Waals surface area contributed by atoms with Gasteiger partial charge in [0.15, 0.2) is 11.5 Å². The number of ether oxygens (including phenoxy) is 1. The molecule has 3 heterocycles. The molecule has 0 radical (unpaired) electrons. The molecule has 2 aliphatic rings. The fraction of sp³-hybridized carbons (Fsp3) is 0.750. The van der Waals surface area contributed by atoms with Crippen LogP contribution in [0.25, 0.3) is 0 Å². The number of carbonyl (C=O) groups excluding carboxylic acids is 1. The van der Waals surface area contributed by atoms with Crippen molar-refractivity contribution in [2.75, 3.05) is 53.0 Å². The molecule has 1 amide bonds. The molecule has 23 heavy (non-hydrogen) atoms. The second kappa shape index (κ2) is 6.98. The Bertz CT molecular complexity index is 541. The lowest BCUT2D eigenvalue weighted by molar-refractivity contribution is 0.0305. The summed E-state index contributed by atoms with van der Waals surface area (Å²) >= 11 is 0.